The van der Waals surface area contributed by atoms with Crippen molar-refractivity contribution >= 4 is 29.2 Å². The number of carbonyl (C=O) groups is 1. The maximum absolute atomic E-state index is 10.8. The van der Waals surface area contributed by atoms with E-state index in [0.29, 0.717) is 12.4 Å². The monoisotopic (exact) mass is 263 g/mol. The summed E-state index contributed by atoms with van der Waals surface area (Å²) < 4.78 is 5.28. The molecular formula is C10H11Cl2NO3. The summed E-state index contributed by atoms with van der Waals surface area (Å²) >= 11 is 11.5. The summed E-state index contributed by atoms with van der Waals surface area (Å²) in [6.07, 6.45) is 0. The van der Waals surface area contributed by atoms with Crippen molar-refractivity contribution in [2.24, 2.45) is 5.73 Å². The molecule has 1 aromatic rings. The second kappa shape index (κ2) is 5.39. The molecule has 0 radical (unpaired) electrons. The molecule has 6 heteroatoms. The van der Waals surface area contributed by atoms with Crippen molar-refractivity contribution in [3.63, 3.8) is 0 Å². The largest absolute Gasteiger partial charge is 0.492 e. The second-order valence-electron chi connectivity index (χ2n) is 3.36. The molecule has 0 saturated carbocycles. The van der Waals surface area contributed by atoms with Gasteiger partial charge in [-0.2, -0.15) is 0 Å². The van der Waals surface area contributed by atoms with Gasteiger partial charge in [0.2, 0.25) is 0 Å². The van der Waals surface area contributed by atoms with Crippen LogP contribution in [0.4, 0.5) is 0 Å². The molecule has 0 aromatic heterocycles. The van der Waals surface area contributed by atoms with Crippen molar-refractivity contribution in [1.29, 1.82) is 0 Å². The molecule has 3 N–H and O–H groups in total. The van der Waals surface area contributed by atoms with E-state index in [1.807, 2.05) is 0 Å². The van der Waals surface area contributed by atoms with E-state index in [4.69, 9.17) is 38.8 Å². The molecule has 0 bridgehead atoms. The van der Waals surface area contributed by atoms with E-state index in [1.165, 1.54) is 12.1 Å². The van der Waals surface area contributed by atoms with Gasteiger partial charge in [-0.1, -0.05) is 23.2 Å². The fourth-order valence-corrected chi connectivity index (χ4v) is 1.69. The molecule has 0 heterocycles. The lowest BCUT2D eigenvalue weighted by Gasteiger charge is -2.10. The number of hydrogen-bond donors (Lipinski definition) is 2. The smallest absolute Gasteiger partial charge is 0.338 e. The number of benzene rings is 1. The van der Waals surface area contributed by atoms with Crippen LogP contribution < -0.4 is 10.5 Å². The topological polar surface area (TPSA) is 72.5 Å². The maximum atomic E-state index is 10.8. The molecule has 0 amide bonds. The van der Waals surface area contributed by atoms with E-state index in [1.54, 1.807) is 6.92 Å². The van der Waals surface area contributed by atoms with Crippen molar-refractivity contribution in [3.05, 3.63) is 27.7 Å². The van der Waals surface area contributed by atoms with Crippen molar-refractivity contribution in [3.8, 4) is 5.75 Å². The summed E-state index contributed by atoms with van der Waals surface area (Å²) in [6, 6.07) is 2.68. The molecule has 0 spiro atoms. The van der Waals surface area contributed by atoms with Crippen LogP contribution in [0.15, 0.2) is 12.1 Å². The minimum absolute atomic E-state index is 0.0414. The van der Waals surface area contributed by atoms with Crippen molar-refractivity contribution in [2.75, 3.05) is 6.61 Å². The molecule has 0 fully saturated rings. The van der Waals surface area contributed by atoms with Gasteiger partial charge in [-0.3, -0.25) is 0 Å². The quantitative estimate of drug-likeness (QED) is 0.875. The predicted molar refractivity (Wildman–Crippen MR) is 62.6 cm³/mol. The molecular weight excluding hydrogens is 253 g/mol. The third kappa shape index (κ3) is 3.27. The molecule has 0 unspecified atom stereocenters. The fourth-order valence-electron chi connectivity index (χ4n) is 1.07. The number of carboxylic acid groups (broad SMARTS) is 1. The number of ether oxygens (including phenoxy) is 1. The molecule has 1 atom stereocenters. The van der Waals surface area contributed by atoms with Crippen LogP contribution in [-0.2, 0) is 0 Å². The molecule has 4 nitrogen and oxygen atoms in total. The summed E-state index contributed by atoms with van der Waals surface area (Å²) in [4.78, 5) is 10.8. The Morgan fingerprint density at radius 3 is 2.38 bits per heavy atom. The summed E-state index contributed by atoms with van der Waals surface area (Å²) in [5, 5.41) is 8.91. The summed E-state index contributed by atoms with van der Waals surface area (Å²) in [5.41, 5.74) is 5.38. The Labute approximate surface area is 103 Å². The fraction of sp³-hybridized carbons (Fsp3) is 0.300. The average Bonchev–Trinajstić information content (AvgIpc) is 2.12. The van der Waals surface area contributed by atoms with E-state index in [9.17, 15) is 4.79 Å². The SMILES string of the molecule is C[C@@H](N)COc1cc(Cl)c(C(=O)O)c(Cl)c1. The molecule has 1 rings (SSSR count). The Morgan fingerprint density at radius 1 is 1.50 bits per heavy atom. The zero-order chi connectivity index (χ0) is 12.3. The van der Waals surface area contributed by atoms with Crippen LogP contribution in [0.5, 0.6) is 5.75 Å². The molecule has 0 aliphatic carbocycles. The van der Waals surface area contributed by atoms with Crippen molar-refractivity contribution in [2.45, 2.75) is 13.0 Å². The van der Waals surface area contributed by atoms with E-state index in [2.05, 4.69) is 0 Å². The van der Waals surface area contributed by atoms with Gasteiger partial charge < -0.3 is 15.6 Å². The first-order valence-corrected chi connectivity index (χ1v) is 5.28. The number of carboxylic acids is 1. The second-order valence-corrected chi connectivity index (χ2v) is 4.17. The van der Waals surface area contributed by atoms with Crippen LogP contribution in [0.3, 0.4) is 0 Å². The van der Waals surface area contributed by atoms with E-state index >= 15 is 0 Å². The van der Waals surface area contributed by atoms with Crippen LogP contribution in [0, 0.1) is 0 Å². The highest BCUT2D eigenvalue weighted by Gasteiger charge is 2.15. The van der Waals surface area contributed by atoms with E-state index in [-0.39, 0.29) is 21.7 Å². The van der Waals surface area contributed by atoms with Crippen LogP contribution in [0.2, 0.25) is 10.0 Å². The lowest BCUT2D eigenvalue weighted by Crippen LogP contribution is -2.23. The van der Waals surface area contributed by atoms with Crippen molar-refractivity contribution < 1.29 is 14.6 Å². The van der Waals surface area contributed by atoms with Crippen LogP contribution in [-0.4, -0.2) is 23.7 Å². The molecule has 88 valence electrons. The number of halogens is 2. The minimum Gasteiger partial charge on any atom is -0.492 e. The van der Waals surface area contributed by atoms with Gasteiger partial charge in [0.25, 0.3) is 0 Å². The Hall–Kier alpha value is -0.970. The van der Waals surface area contributed by atoms with E-state index < -0.39 is 5.97 Å². The van der Waals surface area contributed by atoms with Crippen LogP contribution in [0.25, 0.3) is 0 Å². The van der Waals surface area contributed by atoms with Crippen molar-refractivity contribution in [1.82, 2.24) is 0 Å². The van der Waals surface area contributed by atoms with Gasteiger partial charge in [-0.05, 0) is 19.1 Å². The van der Waals surface area contributed by atoms with Gasteiger partial charge in [-0.15, -0.1) is 0 Å². The highest BCUT2D eigenvalue weighted by molar-refractivity contribution is 6.39. The first-order chi connectivity index (χ1) is 7.41. The highest BCUT2D eigenvalue weighted by Crippen LogP contribution is 2.30. The van der Waals surface area contributed by atoms with Gasteiger partial charge in [-0.25, -0.2) is 4.79 Å². The first kappa shape index (κ1) is 13.1. The van der Waals surface area contributed by atoms with Gasteiger partial charge in [0.05, 0.1) is 15.6 Å². The van der Waals surface area contributed by atoms with Gasteiger partial charge in [0.15, 0.2) is 0 Å². The molecule has 0 aliphatic heterocycles. The number of rotatable bonds is 4. The van der Waals surface area contributed by atoms with E-state index in [0.717, 1.165) is 0 Å². The number of aromatic carboxylic acids is 1. The van der Waals surface area contributed by atoms with Gasteiger partial charge >= 0.3 is 5.97 Å². The van der Waals surface area contributed by atoms with Crippen LogP contribution >= 0.6 is 23.2 Å². The zero-order valence-electron chi connectivity index (χ0n) is 8.54. The summed E-state index contributed by atoms with van der Waals surface area (Å²) in [6.45, 7) is 2.09. The van der Waals surface area contributed by atoms with Crippen LogP contribution in [0.1, 0.15) is 17.3 Å². The summed E-state index contributed by atoms with van der Waals surface area (Å²) in [5.74, 6) is -0.772. The highest BCUT2D eigenvalue weighted by atomic mass is 35.5. The summed E-state index contributed by atoms with van der Waals surface area (Å²) in [7, 11) is 0. The Morgan fingerprint density at radius 2 is 2.00 bits per heavy atom. The van der Waals surface area contributed by atoms with Gasteiger partial charge in [0, 0.05) is 6.04 Å². The van der Waals surface area contributed by atoms with Gasteiger partial charge in [0.1, 0.15) is 12.4 Å². The number of hydrogen-bond acceptors (Lipinski definition) is 3. The Kier molecular flexibility index (Phi) is 4.41. The minimum atomic E-state index is -1.17. The predicted octanol–water partition coefficient (Wildman–Crippen LogP) is 2.42. The third-order valence-electron chi connectivity index (χ3n) is 1.74. The maximum Gasteiger partial charge on any atom is 0.338 e. The molecule has 0 aliphatic rings. The lowest BCUT2D eigenvalue weighted by molar-refractivity contribution is 0.0697. The lowest BCUT2D eigenvalue weighted by atomic mass is 10.2. The normalized spacial score (nSPS) is 12.2. The molecule has 0 saturated heterocycles. The Bertz CT molecular complexity index is 384. The average molecular weight is 264 g/mol. The zero-order valence-corrected chi connectivity index (χ0v) is 10.0. The number of nitrogens with two attached hydrogens (primary N) is 1. The molecule has 1 aromatic carbocycles. The first-order valence-electron chi connectivity index (χ1n) is 4.52. The molecule has 16 heavy (non-hydrogen) atoms. The standard InChI is InChI=1S/C10H11Cl2NO3/c1-5(13)4-16-6-2-7(11)9(10(14)15)8(12)3-6/h2-3,5H,4,13H2,1H3,(H,14,15)/t5-/m1/s1. The Balaban J connectivity index is 2.96. The third-order valence-corrected chi connectivity index (χ3v) is 2.34.